The fraction of sp³-hybridized carbons (Fsp3) is 0.500. The molecule has 0 aromatic carbocycles. The van der Waals surface area contributed by atoms with E-state index in [1.54, 1.807) is 0 Å². The molecule has 4 unspecified atom stereocenters. The van der Waals surface area contributed by atoms with Crippen molar-refractivity contribution in [3.63, 3.8) is 0 Å². The summed E-state index contributed by atoms with van der Waals surface area (Å²) in [5.74, 6) is -8.23. The number of carboxylic acids is 4. The van der Waals surface area contributed by atoms with E-state index in [9.17, 15) is 39.6 Å². The third-order valence-corrected chi connectivity index (χ3v) is 1.56. The number of aliphatic carboxylic acids is 4. The van der Waals surface area contributed by atoms with Crippen LogP contribution in [-0.4, -0.2) is 106 Å². The van der Waals surface area contributed by atoms with Crippen molar-refractivity contribution in [3.05, 3.63) is 0 Å². The zero-order chi connectivity index (χ0) is 16.6. The zero-order valence-corrected chi connectivity index (χ0v) is 19.4. The number of aliphatic hydroxyl groups excluding tert-OH is 4. The predicted octanol–water partition coefficient (Wildman–Crippen LogP) is -16.0. The molecule has 0 fully saturated rings. The summed E-state index contributed by atoms with van der Waals surface area (Å²) >= 11 is 0. The van der Waals surface area contributed by atoms with Gasteiger partial charge in [0.25, 0.3) is 0 Å². The quantitative estimate of drug-likeness (QED) is 0.305. The van der Waals surface area contributed by atoms with Crippen molar-refractivity contribution in [2.75, 3.05) is 0 Å². The maximum absolute atomic E-state index is 9.63. The van der Waals surface area contributed by atoms with Crippen LogP contribution in [0.4, 0.5) is 0 Å². The van der Waals surface area contributed by atoms with Crippen LogP contribution in [0.3, 0.4) is 0 Å². The van der Waals surface area contributed by atoms with E-state index in [1.165, 1.54) is 0 Å². The van der Waals surface area contributed by atoms with E-state index in [2.05, 4.69) is 0 Å². The van der Waals surface area contributed by atoms with Gasteiger partial charge < -0.3 is 60.0 Å². The van der Waals surface area contributed by atoms with Crippen molar-refractivity contribution >= 4 is 61.6 Å². The second-order valence-electron chi connectivity index (χ2n) is 3.06. The van der Waals surface area contributed by atoms with E-state index in [-0.39, 0.29) is 119 Å². The number of carbonyl (C=O) groups excluding carboxylic acids is 4. The van der Waals surface area contributed by atoms with Gasteiger partial charge >= 0.3 is 119 Å². The fourth-order valence-corrected chi connectivity index (χ4v) is 0.516. The Morgan fingerprint density at radius 1 is 0.565 bits per heavy atom. The van der Waals surface area contributed by atoms with Crippen molar-refractivity contribution in [1.29, 1.82) is 0 Å². The van der Waals surface area contributed by atoms with Crippen molar-refractivity contribution in [2.45, 2.75) is 24.4 Å². The number of carboxylic acid groups (broad SMARTS) is 4. The smallest absolute Gasteiger partial charge is 0.547 e. The third-order valence-electron chi connectivity index (χ3n) is 1.56. The van der Waals surface area contributed by atoms with Gasteiger partial charge in [-0.2, -0.15) is 0 Å². The van der Waals surface area contributed by atoms with Crippen LogP contribution >= 0.6 is 0 Å². The van der Waals surface area contributed by atoms with E-state index < -0.39 is 48.3 Å². The van der Waals surface area contributed by atoms with Gasteiger partial charge in [-0.05, 0) is 0 Å². The monoisotopic (exact) mass is 398 g/mol. The summed E-state index contributed by atoms with van der Waals surface area (Å²) in [4.78, 5) is 38.5. The van der Waals surface area contributed by atoms with Gasteiger partial charge in [-0.15, -0.1) is 0 Å². The number of hydrogen-bond donors (Lipinski definition) is 4. The van der Waals surface area contributed by atoms with E-state index in [1.807, 2.05) is 0 Å². The predicted molar refractivity (Wildman–Crippen MR) is 49.8 cm³/mol. The molecular weight excluding hydrogens is 390 g/mol. The Morgan fingerprint density at radius 3 is 0.696 bits per heavy atom. The summed E-state index contributed by atoms with van der Waals surface area (Å²) in [5, 5.41) is 71.5. The van der Waals surface area contributed by atoms with E-state index in [0.29, 0.717) is 0 Å². The Balaban J connectivity index is -0.0000000831. The molecule has 0 saturated heterocycles. The van der Waals surface area contributed by atoms with Crippen LogP contribution in [0.2, 0.25) is 0 Å². The molecule has 12 nitrogen and oxygen atoms in total. The molecule has 0 aromatic rings. The van der Waals surface area contributed by atoms with Gasteiger partial charge in [0.05, 0.1) is 23.9 Å². The van der Waals surface area contributed by atoms with Crippen LogP contribution in [0.1, 0.15) is 0 Å². The molecule has 15 heteroatoms. The first-order chi connectivity index (χ1) is 8.93. The molecule has 4 N–H and O–H groups in total. The molecule has 0 aromatic heterocycles. The molecular formula is C8H8CaKNaO12. The van der Waals surface area contributed by atoms with Crippen molar-refractivity contribution < 1.29 is 141 Å². The summed E-state index contributed by atoms with van der Waals surface area (Å²) in [6.07, 6.45) is -9.76. The Kier molecular flexibility index (Phi) is 28.6. The van der Waals surface area contributed by atoms with Crippen LogP contribution < -0.4 is 101 Å². The standard InChI is InChI=1S/2C4H6O6.Ca.K.Na/c2*5-1(3(7)8)2(6)4(9)10;;;/h2*1-2,5-6H,(H,7,8)(H,9,10);;;/q;;+2;2*+1/p-4. The van der Waals surface area contributed by atoms with Gasteiger partial charge in [0.1, 0.15) is 24.4 Å². The molecule has 0 rings (SSSR count). The number of aliphatic hydroxyl groups is 4. The van der Waals surface area contributed by atoms with Crippen molar-refractivity contribution in [2.24, 2.45) is 0 Å². The summed E-state index contributed by atoms with van der Waals surface area (Å²) in [7, 11) is 0. The van der Waals surface area contributed by atoms with Crippen molar-refractivity contribution in [3.8, 4) is 0 Å². The minimum absolute atomic E-state index is 0. The summed E-state index contributed by atoms with van der Waals surface area (Å²) in [5.41, 5.74) is 0. The summed E-state index contributed by atoms with van der Waals surface area (Å²) in [6.45, 7) is 0. The zero-order valence-electron chi connectivity index (χ0n) is 12.1. The van der Waals surface area contributed by atoms with E-state index in [4.69, 9.17) is 20.4 Å². The van der Waals surface area contributed by atoms with E-state index in [0.717, 1.165) is 0 Å². The van der Waals surface area contributed by atoms with Crippen molar-refractivity contribution in [1.82, 2.24) is 0 Å². The second-order valence-corrected chi connectivity index (χ2v) is 3.06. The Labute approximate surface area is 223 Å². The summed E-state index contributed by atoms with van der Waals surface area (Å²) in [6, 6.07) is 0. The molecule has 23 heavy (non-hydrogen) atoms. The molecule has 0 radical (unpaired) electrons. The third kappa shape index (κ3) is 16.8. The fourth-order valence-electron chi connectivity index (χ4n) is 0.516. The van der Waals surface area contributed by atoms with Gasteiger partial charge in [-0.1, -0.05) is 0 Å². The Hall–Kier alpha value is 1.62. The minimum atomic E-state index is -2.44. The molecule has 0 heterocycles. The minimum Gasteiger partial charge on any atom is -0.547 e. The maximum Gasteiger partial charge on any atom is 2.00 e. The van der Waals surface area contributed by atoms with Crippen LogP contribution in [0.5, 0.6) is 0 Å². The average molecular weight is 398 g/mol. The molecule has 0 aliphatic carbocycles. The number of hydrogen-bond acceptors (Lipinski definition) is 12. The molecule has 4 atom stereocenters. The molecule has 0 aliphatic heterocycles. The van der Waals surface area contributed by atoms with Crippen LogP contribution in [0.15, 0.2) is 0 Å². The normalized spacial score (nSPS) is 13.7. The maximum atomic E-state index is 9.63. The molecule has 0 amide bonds. The van der Waals surface area contributed by atoms with Crippen LogP contribution in [-0.2, 0) is 19.2 Å². The van der Waals surface area contributed by atoms with Gasteiger partial charge in [0, 0.05) is 0 Å². The average Bonchev–Trinajstić information content (AvgIpc) is 2.35. The van der Waals surface area contributed by atoms with Crippen LogP contribution in [0.25, 0.3) is 0 Å². The summed E-state index contributed by atoms with van der Waals surface area (Å²) < 4.78 is 0. The topological polar surface area (TPSA) is 241 Å². The van der Waals surface area contributed by atoms with Gasteiger partial charge in [0.15, 0.2) is 0 Å². The molecule has 0 bridgehead atoms. The molecule has 0 saturated carbocycles. The Bertz CT molecular complexity index is 321. The number of carbonyl (C=O) groups is 4. The first kappa shape index (κ1) is 35.7. The van der Waals surface area contributed by atoms with Gasteiger partial charge in [0.2, 0.25) is 0 Å². The van der Waals surface area contributed by atoms with Gasteiger partial charge in [-0.3, -0.25) is 0 Å². The SMILES string of the molecule is O=C([O-])C(O)C(O)C(=O)[O-].O=C([O-])C(O)C(O)C(=O)[O-].[Ca+2].[K+].[Na+]. The van der Waals surface area contributed by atoms with Crippen LogP contribution in [0, 0.1) is 0 Å². The number of rotatable bonds is 6. The Morgan fingerprint density at radius 2 is 0.652 bits per heavy atom. The largest absolute Gasteiger partial charge is 2.00 e. The second kappa shape index (κ2) is 18.4. The first-order valence-electron chi connectivity index (χ1n) is 4.49. The van der Waals surface area contributed by atoms with E-state index >= 15 is 0 Å². The van der Waals surface area contributed by atoms with Gasteiger partial charge in [-0.25, -0.2) is 0 Å². The first-order valence-corrected chi connectivity index (χ1v) is 4.49. The molecule has 0 spiro atoms. The molecule has 0 aliphatic rings. The molecule has 116 valence electrons.